The summed E-state index contributed by atoms with van der Waals surface area (Å²) in [7, 11) is 0. The molecule has 0 amide bonds. The average molecular weight is 272 g/mol. The van der Waals surface area contributed by atoms with Crippen LogP contribution in [0.5, 0.6) is 0 Å². The molecule has 1 aromatic rings. The van der Waals surface area contributed by atoms with Crippen molar-refractivity contribution in [2.45, 2.75) is 0 Å². The maximum Gasteiger partial charge on any atom is 0.215 e. The van der Waals surface area contributed by atoms with Crippen LogP contribution in [-0.4, -0.2) is 16.5 Å². The van der Waals surface area contributed by atoms with E-state index in [2.05, 4.69) is 0 Å². The summed E-state index contributed by atoms with van der Waals surface area (Å²) < 4.78 is 0. The Morgan fingerprint density at radius 2 is 1.79 bits per heavy atom. The van der Waals surface area contributed by atoms with Gasteiger partial charge >= 0.3 is 0 Å². The summed E-state index contributed by atoms with van der Waals surface area (Å²) in [4.78, 5) is 11.0. The van der Waals surface area contributed by atoms with E-state index >= 15 is 0 Å². The zero-order valence-electron chi connectivity index (χ0n) is 10.7. The average Bonchev–Trinajstić information content (AvgIpc) is 2.43. The van der Waals surface area contributed by atoms with Gasteiger partial charge in [-0.05, 0) is 17.9 Å². The van der Waals surface area contributed by atoms with Gasteiger partial charge in [0.05, 0.1) is 0 Å². The molecule has 0 aromatic heterocycles. The molecule has 0 bridgehead atoms. The lowest BCUT2D eigenvalue weighted by Crippen LogP contribution is -1.85. The van der Waals surface area contributed by atoms with E-state index in [9.17, 15) is 9.90 Å². The molecule has 2 nitrogen and oxygen atoms in total. The molecule has 0 aliphatic carbocycles. The highest BCUT2D eigenvalue weighted by molar-refractivity contribution is 8.13. The molecule has 0 heterocycles. The fourth-order valence-electron chi connectivity index (χ4n) is 1.24. The van der Waals surface area contributed by atoms with Crippen LogP contribution in [-0.2, 0) is 4.79 Å². The van der Waals surface area contributed by atoms with Gasteiger partial charge in [-0.1, -0.05) is 72.5 Å². The van der Waals surface area contributed by atoms with Crippen molar-refractivity contribution in [1.29, 1.82) is 0 Å². The standard InChI is InChI=1S/C16H16O2S/c1-19-16(18)13-15(17)12-8-3-2-5-9-14-10-6-4-7-11-14/h2-13,17H,1H3/b3-2+,9-5+,12-8+,15-13-. The van der Waals surface area contributed by atoms with Crippen LogP contribution in [0.15, 0.2) is 72.5 Å². The lowest BCUT2D eigenvalue weighted by Gasteiger charge is -1.89. The molecule has 1 N–H and O–H groups in total. The minimum absolute atomic E-state index is 0.0453. The second kappa shape index (κ2) is 9.00. The summed E-state index contributed by atoms with van der Waals surface area (Å²) in [5, 5.41) is 9.20. The Labute approximate surface area is 117 Å². The number of rotatable bonds is 5. The highest BCUT2D eigenvalue weighted by atomic mass is 32.2. The molecule has 0 aliphatic heterocycles. The van der Waals surface area contributed by atoms with Crippen molar-refractivity contribution in [2.75, 3.05) is 6.26 Å². The number of allylic oxidation sites excluding steroid dienone is 5. The van der Waals surface area contributed by atoms with Gasteiger partial charge < -0.3 is 5.11 Å². The smallest absolute Gasteiger partial charge is 0.215 e. The van der Waals surface area contributed by atoms with E-state index in [1.54, 1.807) is 18.4 Å². The minimum atomic E-state index is -0.171. The molecular formula is C16H16O2S. The second-order valence-corrected chi connectivity index (χ2v) is 4.42. The molecular weight excluding hydrogens is 256 g/mol. The van der Waals surface area contributed by atoms with Crippen LogP contribution in [0.1, 0.15) is 5.56 Å². The van der Waals surface area contributed by atoms with Crippen molar-refractivity contribution < 1.29 is 9.90 Å². The summed E-state index contributed by atoms with van der Waals surface area (Å²) in [5.74, 6) is -0.0453. The third-order valence-corrected chi connectivity index (χ3v) is 2.68. The Balaban J connectivity index is 2.44. The number of aliphatic hydroxyl groups is 1. The van der Waals surface area contributed by atoms with Gasteiger partial charge in [-0.3, -0.25) is 4.79 Å². The maximum absolute atomic E-state index is 11.0. The number of carbonyl (C=O) groups excluding carboxylic acids is 1. The van der Waals surface area contributed by atoms with Crippen LogP contribution in [0.4, 0.5) is 0 Å². The number of aliphatic hydroxyl groups excluding tert-OH is 1. The van der Waals surface area contributed by atoms with Crippen molar-refractivity contribution in [3.63, 3.8) is 0 Å². The van der Waals surface area contributed by atoms with Gasteiger partial charge in [0.1, 0.15) is 5.76 Å². The number of benzene rings is 1. The Kier molecular flexibility index (Phi) is 7.13. The van der Waals surface area contributed by atoms with E-state index in [-0.39, 0.29) is 10.9 Å². The first-order valence-corrected chi connectivity index (χ1v) is 7.00. The molecule has 1 rings (SSSR count). The molecule has 0 saturated carbocycles. The van der Waals surface area contributed by atoms with Crippen molar-refractivity contribution in [3.8, 4) is 0 Å². The molecule has 98 valence electrons. The molecule has 0 aliphatic rings. The Bertz CT molecular complexity index is 511. The van der Waals surface area contributed by atoms with Crippen LogP contribution in [0, 0.1) is 0 Å². The fraction of sp³-hybridized carbons (Fsp3) is 0.0625. The predicted molar refractivity (Wildman–Crippen MR) is 83.0 cm³/mol. The topological polar surface area (TPSA) is 37.3 Å². The molecule has 1 aromatic carbocycles. The van der Waals surface area contributed by atoms with E-state index < -0.39 is 0 Å². The third kappa shape index (κ3) is 7.11. The van der Waals surface area contributed by atoms with Crippen molar-refractivity contribution in [2.24, 2.45) is 0 Å². The zero-order valence-corrected chi connectivity index (χ0v) is 11.5. The van der Waals surface area contributed by atoms with Gasteiger partial charge in [-0.25, -0.2) is 0 Å². The van der Waals surface area contributed by atoms with Gasteiger partial charge in [0.15, 0.2) is 0 Å². The van der Waals surface area contributed by atoms with Gasteiger partial charge in [0.25, 0.3) is 0 Å². The molecule has 3 heteroatoms. The summed E-state index contributed by atoms with van der Waals surface area (Å²) >= 11 is 1.06. The fourth-order valence-corrected chi connectivity index (χ4v) is 1.48. The monoisotopic (exact) mass is 272 g/mol. The summed E-state index contributed by atoms with van der Waals surface area (Å²) in [5.41, 5.74) is 1.13. The molecule has 0 spiro atoms. The van der Waals surface area contributed by atoms with Crippen LogP contribution in [0.3, 0.4) is 0 Å². The van der Waals surface area contributed by atoms with Gasteiger partial charge in [-0.2, -0.15) is 0 Å². The number of hydrogen-bond donors (Lipinski definition) is 1. The number of thioether (sulfide) groups is 1. The summed E-state index contributed by atoms with van der Waals surface area (Å²) in [6, 6.07) is 9.97. The number of carbonyl (C=O) groups is 1. The lowest BCUT2D eigenvalue weighted by molar-refractivity contribution is -0.107. The Morgan fingerprint density at radius 1 is 1.11 bits per heavy atom. The van der Waals surface area contributed by atoms with E-state index in [1.165, 1.54) is 12.2 Å². The third-order valence-electron chi connectivity index (χ3n) is 2.16. The van der Waals surface area contributed by atoms with E-state index in [1.807, 2.05) is 48.6 Å². The SMILES string of the molecule is CSC(=O)/C=C(O)/C=C/C=C/C=C/c1ccccc1. The lowest BCUT2D eigenvalue weighted by atomic mass is 10.2. The zero-order chi connectivity index (χ0) is 13.9. The minimum Gasteiger partial charge on any atom is -0.508 e. The summed E-state index contributed by atoms with van der Waals surface area (Å²) in [6.45, 7) is 0. The number of hydrogen-bond acceptors (Lipinski definition) is 3. The quantitative estimate of drug-likeness (QED) is 0.497. The molecule has 0 saturated heterocycles. The molecule has 0 fully saturated rings. The maximum atomic E-state index is 11.0. The Hall–Kier alpha value is -2.00. The Morgan fingerprint density at radius 3 is 2.47 bits per heavy atom. The van der Waals surface area contributed by atoms with Crippen molar-refractivity contribution in [1.82, 2.24) is 0 Å². The second-order valence-electron chi connectivity index (χ2n) is 3.61. The molecule has 0 unspecified atom stereocenters. The van der Waals surface area contributed by atoms with E-state index in [4.69, 9.17) is 0 Å². The van der Waals surface area contributed by atoms with Crippen molar-refractivity contribution in [3.05, 3.63) is 78.1 Å². The van der Waals surface area contributed by atoms with Crippen LogP contribution >= 0.6 is 11.8 Å². The summed E-state index contributed by atoms with van der Waals surface area (Å²) in [6.07, 6.45) is 13.5. The van der Waals surface area contributed by atoms with Crippen LogP contribution in [0.2, 0.25) is 0 Å². The van der Waals surface area contributed by atoms with Gasteiger partial charge in [-0.15, -0.1) is 0 Å². The highest BCUT2D eigenvalue weighted by Gasteiger charge is 1.93. The highest BCUT2D eigenvalue weighted by Crippen LogP contribution is 2.02. The molecule has 19 heavy (non-hydrogen) atoms. The van der Waals surface area contributed by atoms with Gasteiger partial charge in [0.2, 0.25) is 5.12 Å². The largest absolute Gasteiger partial charge is 0.508 e. The van der Waals surface area contributed by atoms with Crippen molar-refractivity contribution >= 4 is 23.0 Å². The van der Waals surface area contributed by atoms with Crippen LogP contribution in [0.25, 0.3) is 6.08 Å². The molecule has 0 radical (unpaired) electrons. The first-order chi connectivity index (χ1) is 9.22. The predicted octanol–water partition coefficient (Wildman–Crippen LogP) is 4.14. The van der Waals surface area contributed by atoms with Crippen LogP contribution < -0.4 is 0 Å². The first-order valence-electron chi connectivity index (χ1n) is 5.77. The van der Waals surface area contributed by atoms with E-state index in [0.29, 0.717) is 0 Å². The van der Waals surface area contributed by atoms with Gasteiger partial charge in [0, 0.05) is 6.08 Å². The normalized spacial score (nSPS) is 12.8. The molecule has 0 atom stereocenters. The van der Waals surface area contributed by atoms with E-state index in [0.717, 1.165) is 17.3 Å². The first kappa shape index (κ1) is 15.1.